The summed E-state index contributed by atoms with van der Waals surface area (Å²) < 4.78 is 38.0. The number of nitrogens with one attached hydrogen (secondary N) is 1. The highest BCUT2D eigenvalue weighted by molar-refractivity contribution is 7.99. The van der Waals surface area contributed by atoms with Crippen LogP contribution in [-0.2, 0) is 16.9 Å². The molecule has 0 radical (unpaired) electrons. The van der Waals surface area contributed by atoms with Gasteiger partial charge < -0.3 is 14.5 Å². The Morgan fingerprint density at radius 1 is 0.911 bits per heavy atom. The fraction of sp³-hybridized carbons (Fsp3) is 0.312. The van der Waals surface area contributed by atoms with Gasteiger partial charge in [-0.2, -0.15) is 10.2 Å². The van der Waals surface area contributed by atoms with E-state index in [1.165, 1.54) is 35.0 Å². The molecule has 2 atom stereocenters. The maximum atomic E-state index is 14.9. The normalized spacial score (nSPS) is 20.2. The molecule has 0 bridgehead atoms. The van der Waals surface area contributed by atoms with Gasteiger partial charge in [0.25, 0.3) is 0 Å². The molecule has 2 aromatic heterocycles. The Kier molecular flexibility index (Phi) is 8.11. The number of thioether (sulfide) groups is 1. The monoisotopic (exact) mass is 630 g/mol. The van der Waals surface area contributed by atoms with Crippen LogP contribution in [0.2, 0.25) is 0 Å². The van der Waals surface area contributed by atoms with Crippen LogP contribution in [0.5, 0.6) is 0 Å². The number of aromatic nitrogens is 6. The second kappa shape index (κ2) is 12.5. The van der Waals surface area contributed by atoms with Crippen LogP contribution in [-0.4, -0.2) is 68.1 Å². The number of aromatic amines is 1. The van der Waals surface area contributed by atoms with Gasteiger partial charge in [-0.1, -0.05) is 6.07 Å². The fourth-order valence-corrected chi connectivity index (χ4v) is 7.20. The molecule has 45 heavy (non-hydrogen) atoms. The van der Waals surface area contributed by atoms with Crippen LogP contribution >= 0.6 is 11.8 Å². The Labute approximate surface area is 262 Å². The van der Waals surface area contributed by atoms with Crippen LogP contribution in [0.15, 0.2) is 95.4 Å². The number of piperazine rings is 1. The van der Waals surface area contributed by atoms with Crippen LogP contribution in [0.25, 0.3) is 5.69 Å². The molecule has 2 saturated heterocycles. The zero-order valence-electron chi connectivity index (χ0n) is 24.4. The molecule has 0 aliphatic carbocycles. The molecule has 2 fully saturated rings. The van der Waals surface area contributed by atoms with Gasteiger partial charge in [0.15, 0.2) is 0 Å². The van der Waals surface area contributed by atoms with Gasteiger partial charge in [-0.05, 0) is 66.9 Å². The summed E-state index contributed by atoms with van der Waals surface area (Å²) in [6, 6.07) is 20.3. The van der Waals surface area contributed by atoms with Crippen LogP contribution in [0.4, 0.5) is 20.2 Å². The van der Waals surface area contributed by atoms with Gasteiger partial charge in [0, 0.05) is 59.8 Å². The van der Waals surface area contributed by atoms with Crippen molar-refractivity contribution in [1.82, 2.24) is 29.5 Å². The van der Waals surface area contributed by atoms with Gasteiger partial charge in [-0.3, -0.25) is 0 Å². The Balaban J connectivity index is 0.936. The molecule has 2 aliphatic rings. The highest BCUT2D eigenvalue weighted by Crippen LogP contribution is 2.43. The van der Waals surface area contributed by atoms with Crippen LogP contribution in [0.3, 0.4) is 0 Å². The van der Waals surface area contributed by atoms with Gasteiger partial charge in [0.1, 0.15) is 36.2 Å². The van der Waals surface area contributed by atoms with Gasteiger partial charge in [-0.25, -0.2) is 32.9 Å². The molecule has 2 aliphatic heterocycles. The second-order valence-corrected chi connectivity index (χ2v) is 12.5. The average Bonchev–Trinajstić information content (AvgIpc) is 3.83. The van der Waals surface area contributed by atoms with E-state index < -0.39 is 17.2 Å². The Hall–Kier alpha value is -4.49. The first kappa shape index (κ1) is 29.2. The average molecular weight is 631 g/mol. The molecule has 0 amide bonds. The minimum absolute atomic E-state index is 0.186. The molecule has 3 aromatic carbocycles. The molecule has 2 unspecified atom stereocenters. The highest BCUT2D eigenvalue weighted by Gasteiger charge is 2.44. The van der Waals surface area contributed by atoms with E-state index in [0.717, 1.165) is 54.3 Å². The van der Waals surface area contributed by atoms with E-state index in [1.54, 1.807) is 22.8 Å². The first-order valence-electron chi connectivity index (χ1n) is 14.8. The van der Waals surface area contributed by atoms with Crippen LogP contribution in [0.1, 0.15) is 12.0 Å². The van der Waals surface area contributed by atoms with Crippen LogP contribution in [0, 0.1) is 17.6 Å². The molecule has 7 rings (SSSR count). The summed E-state index contributed by atoms with van der Waals surface area (Å²) in [5.74, 6) is -0.223. The molecule has 232 valence electrons. The summed E-state index contributed by atoms with van der Waals surface area (Å²) in [7, 11) is 0. The maximum absolute atomic E-state index is 14.9. The molecule has 10 nitrogen and oxygen atoms in total. The standard InChI is InChI=1S/C32H32F2N8O2S/c33-24-1-10-29(30(34)15-24)32(19-41-21-35-20-37-41)16-23(17-44-32)18-45-28-8-6-26(7-9-28)40-13-11-39(12-14-40)25-2-4-27(5-3-25)42-22-36-38-31(42)43/h1-10,15,20-23H,11-14,16-19H2,(H,38,43). The minimum atomic E-state index is -0.940. The third-order valence-corrected chi connectivity index (χ3v) is 9.78. The predicted molar refractivity (Wildman–Crippen MR) is 168 cm³/mol. The summed E-state index contributed by atoms with van der Waals surface area (Å²) in [6.45, 7) is 4.38. The maximum Gasteiger partial charge on any atom is 0.347 e. The number of rotatable bonds is 9. The lowest BCUT2D eigenvalue weighted by Gasteiger charge is -2.37. The number of hydrogen-bond donors (Lipinski definition) is 1. The van der Waals surface area contributed by atoms with Crippen LogP contribution < -0.4 is 15.5 Å². The largest absolute Gasteiger partial charge is 0.368 e. The van der Waals surface area contributed by atoms with Gasteiger partial charge in [0.2, 0.25) is 0 Å². The SMILES string of the molecule is O=c1[nH]ncn1-c1ccc(N2CCN(c3ccc(SCC4COC(Cn5cncn5)(c5ccc(F)cc5F)C4)cc3)CC2)cc1. The van der Waals surface area contributed by atoms with Crippen molar-refractivity contribution in [2.75, 3.05) is 48.3 Å². The van der Waals surface area contributed by atoms with Crippen molar-refractivity contribution in [3.05, 3.63) is 113 Å². The number of benzene rings is 3. The molecule has 5 aromatic rings. The van der Waals surface area contributed by atoms with Crippen molar-refractivity contribution in [3.63, 3.8) is 0 Å². The molecule has 1 N–H and O–H groups in total. The third-order valence-electron chi connectivity index (χ3n) is 8.53. The lowest BCUT2D eigenvalue weighted by atomic mass is 9.87. The van der Waals surface area contributed by atoms with E-state index in [2.05, 4.69) is 54.3 Å². The van der Waals surface area contributed by atoms with E-state index in [-0.39, 0.29) is 11.6 Å². The molecule has 13 heteroatoms. The number of ether oxygens (including phenoxy) is 1. The van der Waals surface area contributed by atoms with E-state index >= 15 is 0 Å². The Morgan fingerprint density at radius 3 is 2.22 bits per heavy atom. The summed E-state index contributed by atoms with van der Waals surface area (Å²) in [5, 5.41) is 10.4. The molecule has 4 heterocycles. The number of H-pyrrole nitrogens is 1. The predicted octanol–water partition coefficient (Wildman–Crippen LogP) is 4.48. The molecule has 0 saturated carbocycles. The first-order chi connectivity index (χ1) is 22.0. The zero-order chi connectivity index (χ0) is 30.8. The summed E-state index contributed by atoms with van der Waals surface area (Å²) in [4.78, 5) is 21.8. The smallest absolute Gasteiger partial charge is 0.347 e. The minimum Gasteiger partial charge on any atom is -0.368 e. The van der Waals surface area contributed by atoms with E-state index in [1.807, 2.05) is 24.3 Å². The number of halogens is 2. The molecular formula is C32H32F2N8O2S. The summed E-state index contributed by atoms with van der Waals surface area (Å²) in [6.07, 6.45) is 5.10. The van der Waals surface area contributed by atoms with Crippen molar-refractivity contribution in [2.45, 2.75) is 23.5 Å². The van der Waals surface area contributed by atoms with Crippen molar-refractivity contribution in [1.29, 1.82) is 0 Å². The van der Waals surface area contributed by atoms with E-state index in [4.69, 9.17) is 4.74 Å². The third kappa shape index (κ3) is 6.22. The molecular weight excluding hydrogens is 598 g/mol. The van der Waals surface area contributed by atoms with E-state index in [9.17, 15) is 13.6 Å². The second-order valence-electron chi connectivity index (χ2n) is 11.4. The number of anilines is 2. The van der Waals surface area contributed by atoms with Gasteiger partial charge in [0.05, 0.1) is 18.8 Å². The number of hydrogen-bond acceptors (Lipinski definition) is 8. The highest BCUT2D eigenvalue weighted by atomic mass is 32.2. The summed E-state index contributed by atoms with van der Waals surface area (Å²) in [5.41, 5.74) is 2.25. The fourth-order valence-electron chi connectivity index (χ4n) is 6.23. The Morgan fingerprint density at radius 2 is 1.60 bits per heavy atom. The number of nitrogens with zero attached hydrogens (tertiary/aromatic N) is 7. The van der Waals surface area contributed by atoms with Crippen molar-refractivity contribution in [2.24, 2.45) is 5.92 Å². The van der Waals surface area contributed by atoms with E-state index in [0.29, 0.717) is 25.1 Å². The molecule has 0 spiro atoms. The zero-order valence-corrected chi connectivity index (χ0v) is 25.2. The lowest BCUT2D eigenvalue weighted by Crippen LogP contribution is -2.46. The quantitative estimate of drug-likeness (QED) is 0.238. The van der Waals surface area contributed by atoms with Gasteiger partial charge >= 0.3 is 5.69 Å². The van der Waals surface area contributed by atoms with Crippen molar-refractivity contribution < 1.29 is 13.5 Å². The van der Waals surface area contributed by atoms with Crippen molar-refractivity contribution in [3.8, 4) is 5.69 Å². The first-order valence-corrected chi connectivity index (χ1v) is 15.8. The van der Waals surface area contributed by atoms with Crippen molar-refractivity contribution >= 4 is 23.1 Å². The van der Waals surface area contributed by atoms with Gasteiger partial charge in [-0.15, -0.1) is 11.8 Å². The lowest BCUT2D eigenvalue weighted by molar-refractivity contribution is -0.0202. The Bertz CT molecular complexity index is 1790. The summed E-state index contributed by atoms with van der Waals surface area (Å²) >= 11 is 1.76. The topological polar surface area (TPSA) is 97.1 Å².